The van der Waals surface area contributed by atoms with E-state index in [1.165, 1.54) is 39.2 Å². The molecule has 0 spiro atoms. The van der Waals surface area contributed by atoms with E-state index in [9.17, 15) is 19.5 Å². The number of nitrogens with two attached hydrogens (primary N) is 1. The molecule has 2 aliphatic carbocycles. The van der Waals surface area contributed by atoms with Gasteiger partial charge in [-0.25, -0.2) is 4.79 Å². The van der Waals surface area contributed by atoms with Crippen molar-refractivity contribution >= 4 is 17.8 Å². The van der Waals surface area contributed by atoms with Gasteiger partial charge in [-0.2, -0.15) is 0 Å². The third-order valence-corrected chi connectivity index (χ3v) is 7.78. The Balaban J connectivity index is 2.02. The predicted octanol–water partition coefficient (Wildman–Crippen LogP) is 2.52. The number of rotatable bonds is 11. The molecule has 0 bridgehead atoms. The minimum atomic E-state index is -0.785. The summed E-state index contributed by atoms with van der Waals surface area (Å²) in [5, 5.41) is 16.7. The van der Waals surface area contributed by atoms with E-state index in [1.807, 2.05) is 27.7 Å². The number of esters is 1. The molecule has 0 radical (unpaired) electrons. The second-order valence-electron chi connectivity index (χ2n) is 11.1. The van der Waals surface area contributed by atoms with E-state index < -0.39 is 30.1 Å². The molecule has 0 aliphatic heterocycles. The summed E-state index contributed by atoms with van der Waals surface area (Å²) in [4.78, 5) is 38.4. The van der Waals surface area contributed by atoms with Crippen LogP contribution in [0.2, 0.25) is 0 Å². The molecular weight excluding hydrogens is 434 g/mol. The number of hydrogen-bond donors (Lipinski definition) is 4. The number of hydrogen-bond acceptors (Lipinski definition) is 6. The van der Waals surface area contributed by atoms with Crippen LogP contribution in [-0.4, -0.2) is 54.2 Å². The van der Waals surface area contributed by atoms with Gasteiger partial charge in [-0.3, -0.25) is 9.59 Å². The summed E-state index contributed by atoms with van der Waals surface area (Å²) in [5.74, 6) is -1.48. The monoisotopic (exact) mass is 481 g/mol. The molecule has 8 heteroatoms. The Morgan fingerprint density at radius 1 is 0.912 bits per heavy atom. The normalized spacial score (nSPS) is 25.0. The molecule has 2 aliphatic rings. The Morgan fingerprint density at radius 3 is 2.09 bits per heavy atom. The molecule has 0 aromatic carbocycles. The van der Waals surface area contributed by atoms with Gasteiger partial charge in [-0.05, 0) is 42.9 Å². The van der Waals surface area contributed by atoms with Gasteiger partial charge in [-0.15, -0.1) is 0 Å². The first-order chi connectivity index (χ1) is 16.1. The van der Waals surface area contributed by atoms with Crippen molar-refractivity contribution in [2.45, 2.75) is 110 Å². The van der Waals surface area contributed by atoms with Gasteiger partial charge in [0.15, 0.2) is 0 Å². The first kappa shape index (κ1) is 28.6. The van der Waals surface area contributed by atoms with Crippen LogP contribution in [0.4, 0.5) is 0 Å². The van der Waals surface area contributed by atoms with Crippen molar-refractivity contribution < 1.29 is 24.2 Å². The Morgan fingerprint density at radius 2 is 1.53 bits per heavy atom. The van der Waals surface area contributed by atoms with Crippen molar-refractivity contribution in [3.05, 3.63) is 0 Å². The molecule has 2 saturated carbocycles. The van der Waals surface area contributed by atoms with E-state index in [-0.39, 0.29) is 35.6 Å². The molecule has 0 aromatic heterocycles. The zero-order valence-electron chi connectivity index (χ0n) is 21.7. The highest BCUT2D eigenvalue weighted by molar-refractivity contribution is 5.91. The summed E-state index contributed by atoms with van der Waals surface area (Å²) < 4.78 is 4.81. The summed E-state index contributed by atoms with van der Waals surface area (Å²) >= 11 is 0. The fraction of sp³-hybridized carbons (Fsp3) is 0.885. The molecule has 2 rings (SSSR count). The molecule has 4 unspecified atom stereocenters. The van der Waals surface area contributed by atoms with Crippen molar-refractivity contribution in [3.8, 4) is 0 Å². The quantitative estimate of drug-likeness (QED) is 0.335. The minimum Gasteiger partial charge on any atom is -0.467 e. The first-order valence-corrected chi connectivity index (χ1v) is 13.2. The fourth-order valence-electron chi connectivity index (χ4n) is 5.65. The Bertz CT molecular complexity index is 677. The second kappa shape index (κ2) is 13.4. The SMILES string of the molecule is COC(=O)C(NC(=O)[C@H](NC(=O)[C@@H]1CCCC1C(O)C(N)CC1CCCCC1)C(C)C)C(C)C. The van der Waals surface area contributed by atoms with Gasteiger partial charge in [0.1, 0.15) is 12.1 Å². The lowest BCUT2D eigenvalue weighted by Gasteiger charge is -2.33. The van der Waals surface area contributed by atoms with Crippen LogP contribution in [0.3, 0.4) is 0 Å². The van der Waals surface area contributed by atoms with E-state index in [1.54, 1.807) is 0 Å². The minimum absolute atomic E-state index is 0.153. The molecule has 0 heterocycles. The van der Waals surface area contributed by atoms with Crippen molar-refractivity contribution in [1.82, 2.24) is 10.6 Å². The average Bonchev–Trinajstić information content (AvgIpc) is 3.29. The maximum atomic E-state index is 13.3. The molecule has 2 amide bonds. The Hall–Kier alpha value is -1.67. The van der Waals surface area contributed by atoms with E-state index in [0.717, 1.165) is 19.3 Å². The lowest BCUT2D eigenvalue weighted by molar-refractivity contribution is -0.147. The highest BCUT2D eigenvalue weighted by Crippen LogP contribution is 2.37. The van der Waals surface area contributed by atoms with Crippen molar-refractivity contribution in [2.75, 3.05) is 7.11 Å². The molecule has 8 nitrogen and oxygen atoms in total. The van der Waals surface area contributed by atoms with Gasteiger partial charge in [0.25, 0.3) is 0 Å². The Labute approximate surface area is 205 Å². The average molecular weight is 482 g/mol. The van der Waals surface area contributed by atoms with Crippen LogP contribution in [0.25, 0.3) is 0 Å². The van der Waals surface area contributed by atoms with Crippen LogP contribution in [-0.2, 0) is 19.1 Å². The summed E-state index contributed by atoms with van der Waals surface area (Å²) in [6.45, 7) is 7.36. The van der Waals surface area contributed by atoms with E-state index in [4.69, 9.17) is 10.5 Å². The van der Waals surface area contributed by atoms with Crippen molar-refractivity contribution in [2.24, 2.45) is 35.3 Å². The molecular formula is C26H47N3O5. The highest BCUT2D eigenvalue weighted by Gasteiger charge is 2.41. The number of nitrogens with one attached hydrogen (secondary N) is 2. The van der Waals surface area contributed by atoms with Crippen LogP contribution >= 0.6 is 0 Å². The third-order valence-electron chi connectivity index (χ3n) is 7.78. The predicted molar refractivity (Wildman–Crippen MR) is 132 cm³/mol. The van der Waals surface area contributed by atoms with E-state index in [0.29, 0.717) is 12.3 Å². The maximum Gasteiger partial charge on any atom is 0.328 e. The zero-order valence-corrected chi connectivity index (χ0v) is 21.7. The van der Waals surface area contributed by atoms with Crippen molar-refractivity contribution in [1.29, 1.82) is 0 Å². The molecule has 5 N–H and O–H groups in total. The lowest BCUT2D eigenvalue weighted by atomic mass is 9.80. The van der Waals surface area contributed by atoms with Gasteiger partial charge >= 0.3 is 5.97 Å². The van der Waals surface area contributed by atoms with Gasteiger partial charge in [0.2, 0.25) is 11.8 Å². The summed E-state index contributed by atoms with van der Waals surface area (Å²) in [6.07, 6.45) is 8.44. The van der Waals surface area contributed by atoms with Crippen LogP contribution in [0.15, 0.2) is 0 Å². The first-order valence-electron chi connectivity index (χ1n) is 13.2. The Kier molecular flexibility index (Phi) is 11.3. The number of aliphatic hydroxyl groups is 1. The number of carbonyl (C=O) groups is 3. The van der Waals surface area contributed by atoms with Crippen molar-refractivity contribution in [3.63, 3.8) is 0 Å². The summed E-state index contributed by atoms with van der Waals surface area (Å²) in [7, 11) is 1.29. The largest absolute Gasteiger partial charge is 0.467 e. The molecule has 0 aromatic rings. The van der Waals surface area contributed by atoms with Crippen LogP contribution in [0, 0.1) is 29.6 Å². The third kappa shape index (κ3) is 7.67. The van der Waals surface area contributed by atoms with Crippen LogP contribution in [0.1, 0.15) is 85.5 Å². The number of methoxy groups -OCH3 is 1. The topological polar surface area (TPSA) is 131 Å². The van der Waals surface area contributed by atoms with E-state index in [2.05, 4.69) is 10.6 Å². The van der Waals surface area contributed by atoms with Gasteiger partial charge in [0.05, 0.1) is 13.2 Å². The van der Waals surface area contributed by atoms with Gasteiger partial charge in [0, 0.05) is 12.0 Å². The standard InChI is InChI=1S/C26H47N3O5/c1-15(2)21(25(32)29-22(16(3)4)26(33)34-5)28-24(31)19-13-9-12-18(19)23(30)20(27)14-17-10-7-6-8-11-17/h15-23,30H,6-14,27H2,1-5H3,(H,28,31)(H,29,32)/t18?,19-,20?,21-,22?,23?/m1/s1. The lowest BCUT2D eigenvalue weighted by Crippen LogP contribution is -2.56. The van der Waals surface area contributed by atoms with E-state index >= 15 is 0 Å². The number of aliphatic hydroxyl groups excluding tert-OH is 1. The molecule has 2 fully saturated rings. The highest BCUT2D eigenvalue weighted by atomic mass is 16.5. The molecule has 6 atom stereocenters. The fourth-order valence-corrected chi connectivity index (χ4v) is 5.65. The number of carbonyl (C=O) groups excluding carboxylic acids is 3. The smallest absolute Gasteiger partial charge is 0.328 e. The summed E-state index contributed by atoms with van der Waals surface area (Å²) in [6, 6.07) is -1.90. The molecule has 0 saturated heterocycles. The van der Waals surface area contributed by atoms with Gasteiger partial charge < -0.3 is 26.2 Å². The number of ether oxygens (including phenoxy) is 1. The summed E-state index contributed by atoms with van der Waals surface area (Å²) in [5.41, 5.74) is 6.42. The zero-order chi connectivity index (χ0) is 25.4. The van der Waals surface area contributed by atoms with Gasteiger partial charge in [-0.1, -0.05) is 66.2 Å². The maximum absolute atomic E-state index is 13.3. The molecule has 34 heavy (non-hydrogen) atoms. The second-order valence-corrected chi connectivity index (χ2v) is 11.1. The van der Waals surface area contributed by atoms with Crippen LogP contribution in [0.5, 0.6) is 0 Å². The number of amides is 2. The van der Waals surface area contributed by atoms with Crippen LogP contribution < -0.4 is 16.4 Å². The molecule has 196 valence electrons.